The quantitative estimate of drug-likeness (QED) is 0.331. The second-order valence-electron chi connectivity index (χ2n) is 8.14. The molecule has 192 valence electrons. The van der Waals surface area contributed by atoms with Crippen LogP contribution in [0.15, 0.2) is 41.8 Å². The summed E-state index contributed by atoms with van der Waals surface area (Å²) in [5, 5.41) is 2.84. The molecule has 0 amide bonds. The van der Waals surface area contributed by atoms with E-state index in [1.54, 1.807) is 7.05 Å². The number of pyridine rings is 2. The van der Waals surface area contributed by atoms with E-state index in [0.29, 0.717) is 12.8 Å². The first-order valence-corrected chi connectivity index (χ1v) is 11.5. The second kappa shape index (κ2) is 9.23. The number of nitrogens with two attached hydrogens (primary N) is 1. The number of imidazole rings is 1. The molecule has 0 spiro atoms. The highest BCUT2D eigenvalue weighted by atomic mass is 35.5. The van der Waals surface area contributed by atoms with Gasteiger partial charge < -0.3 is 24.9 Å². The zero-order valence-electron chi connectivity index (χ0n) is 18.9. The standard InChI is InChI=1S/C22H17Cl2F3N8O2/c1-34-17-15(23)14(37-13(7-28)16-18(24)30-5-4-29-16)8-31-19(17)33-21(34)32-12-6-10(22(25,26)27)9-35(20(12)36)11-2-3-11/h4-9,11H,2-3,28H2,1H3,(H,31,32,33)/b13-7+. The molecule has 0 saturated heterocycles. The number of hydrogen-bond acceptors (Lipinski definition) is 8. The molecule has 0 aliphatic heterocycles. The maximum atomic E-state index is 13.5. The highest BCUT2D eigenvalue weighted by molar-refractivity contribution is 6.36. The molecule has 10 nitrogen and oxygen atoms in total. The minimum absolute atomic E-state index is 0.0480. The van der Waals surface area contributed by atoms with Crippen molar-refractivity contribution in [1.82, 2.24) is 29.1 Å². The van der Waals surface area contributed by atoms with Crippen LogP contribution in [0.1, 0.15) is 30.1 Å². The average molecular weight is 553 g/mol. The van der Waals surface area contributed by atoms with Crippen LogP contribution in [0.25, 0.3) is 16.9 Å². The number of halogens is 5. The minimum atomic E-state index is -4.63. The lowest BCUT2D eigenvalue weighted by Crippen LogP contribution is -2.24. The van der Waals surface area contributed by atoms with Gasteiger partial charge in [0.1, 0.15) is 21.9 Å². The Balaban J connectivity index is 1.53. The maximum Gasteiger partial charge on any atom is 0.417 e. The SMILES string of the molecule is Cn1c(Nc2cc(C(F)(F)F)cn(C3CC3)c2=O)nc2ncc(O/C(=C/N)c3nccnc3Cl)c(Cl)c21. The highest BCUT2D eigenvalue weighted by Gasteiger charge is 2.35. The first-order valence-electron chi connectivity index (χ1n) is 10.8. The van der Waals surface area contributed by atoms with E-state index in [1.807, 2.05) is 0 Å². The number of alkyl halides is 3. The third kappa shape index (κ3) is 4.67. The van der Waals surface area contributed by atoms with E-state index in [0.717, 1.165) is 23.0 Å². The van der Waals surface area contributed by atoms with Gasteiger partial charge in [0.2, 0.25) is 5.95 Å². The van der Waals surface area contributed by atoms with Crippen molar-refractivity contribution < 1.29 is 17.9 Å². The minimum Gasteiger partial charge on any atom is -0.450 e. The van der Waals surface area contributed by atoms with Crippen LogP contribution in [-0.4, -0.2) is 29.1 Å². The Labute approximate surface area is 216 Å². The Kier molecular flexibility index (Phi) is 6.20. The molecule has 0 radical (unpaired) electrons. The van der Waals surface area contributed by atoms with Crippen LogP contribution in [0.2, 0.25) is 10.2 Å². The molecule has 15 heteroatoms. The summed E-state index contributed by atoms with van der Waals surface area (Å²) in [6, 6.07) is 0.492. The molecule has 1 fully saturated rings. The van der Waals surface area contributed by atoms with Crippen molar-refractivity contribution >= 4 is 51.8 Å². The summed E-state index contributed by atoms with van der Waals surface area (Å²) in [5.41, 5.74) is 4.48. The third-order valence-corrected chi connectivity index (χ3v) is 6.26. The summed E-state index contributed by atoms with van der Waals surface area (Å²) in [7, 11) is 1.56. The molecular formula is C22H17Cl2F3N8O2. The molecule has 5 rings (SSSR count). The summed E-state index contributed by atoms with van der Waals surface area (Å²) in [6.45, 7) is 0. The molecule has 3 N–H and O–H groups in total. The Morgan fingerprint density at radius 1 is 1.24 bits per heavy atom. The number of aryl methyl sites for hydroxylation is 1. The normalized spacial score (nSPS) is 14.3. The van der Waals surface area contributed by atoms with Gasteiger partial charge in [0.25, 0.3) is 5.56 Å². The molecule has 37 heavy (non-hydrogen) atoms. The summed E-state index contributed by atoms with van der Waals surface area (Å²) in [6.07, 6.45) is 2.70. The lowest BCUT2D eigenvalue weighted by Gasteiger charge is -2.14. The van der Waals surface area contributed by atoms with Crippen LogP contribution in [0.3, 0.4) is 0 Å². The van der Waals surface area contributed by atoms with Gasteiger partial charge in [-0.05, 0) is 18.9 Å². The maximum absolute atomic E-state index is 13.5. The molecule has 1 aliphatic rings. The van der Waals surface area contributed by atoms with Gasteiger partial charge >= 0.3 is 6.18 Å². The highest BCUT2D eigenvalue weighted by Crippen LogP contribution is 2.38. The number of anilines is 2. The zero-order chi connectivity index (χ0) is 26.5. The van der Waals surface area contributed by atoms with E-state index < -0.39 is 17.3 Å². The predicted molar refractivity (Wildman–Crippen MR) is 131 cm³/mol. The fourth-order valence-corrected chi connectivity index (χ4v) is 4.15. The van der Waals surface area contributed by atoms with E-state index in [-0.39, 0.29) is 56.2 Å². The Bertz CT molecular complexity index is 1610. The van der Waals surface area contributed by atoms with Gasteiger partial charge in [-0.15, -0.1) is 0 Å². The van der Waals surface area contributed by atoms with Crippen molar-refractivity contribution in [1.29, 1.82) is 0 Å². The number of aromatic nitrogens is 6. The Morgan fingerprint density at radius 3 is 2.62 bits per heavy atom. The molecule has 0 bridgehead atoms. The number of nitrogens with one attached hydrogen (secondary N) is 1. The van der Waals surface area contributed by atoms with Crippen LogP contribution in [0.4, 0.5) is 24.8 Å². The third-order valence-electron chi connectivity index (χ3n) is 5.62. The molecule has 1 aliphatic carbocycles. The molecule has 0 aromatic carbocycles. The monoisotopic (exact) mass is 552 g/mol. The van der Waals surface area contributed by atoms with Crippen molar-refractivity contribution in [2.75, 3.05) is 5.32 Å². The first-order chi connectivity index (χ1) is 17.6. The van der Waals surface area contributed by atoms with Gasteiger partial charge in [0.05, 0.1) is 11.8 Å². The van der Waals surface area contributed by atoms with Gasteiger partial charge in [0, 0.05) is 37.9 Å². The second-order valence-corrected chi connectivity index (χ2v) is 8.88. The average Bonchev–Trinajstić information content (AvgIpc) is 3.64. The van der Waals surface area contributed by atoms with Gasteiger partial charge in [-0.1, -0.05) is 23.2 Å². The molecule has 0 unspecified atom stereocenters. The van der Waals surface area contributed by atoms with Crippen LogP contribution in [0, 0.1) is 0 Å². The topological polar surface area (TPSA) is 126 Å². The van der Waals surface area contributed by atoms with Gasteiger partial charge in [-0.25, -0.2) is 15.0 Å². The van der Waals surface area contributed by atoms with Crippen molar-refractivity contribution in [3.63, 3.8) is 0 Å². The van der Waals surface area contributed by atoms with E-state index in [4.69, 9.17) is 33.7 Å². The van der Waals surface area contributed by atoms with Crippen LogP contribution in [0.5, 0.6) is 5.75 Å². The summed E-state index contributed by atoms with van der Waals surface area (Å²) < 4.78 is 48.8. The van der Waals surface area contributed by atoms with Gasteiger partial charge in [0.15, 0.2) is 22.3 Å². The van der Waals surface area contributed by atoms with Crippen LogP contribution in [-0.2, 0) is 13.2 Å². The fourth-order valence-electron chi connectivity index (χ4n) is 3.65. The largest absolute Gasteiger partial charge is 0.450 e. The van der Waals surface area contributed by atoms with Gasteiger partial charge in [-0.3, -0.25) is 4.79 Å². The summed E-state index contributed by atoms with van der Waals surface area (Å²) in [5.74, 6) is 0.190. The Hall–Kier alpha value is -3.84. The van der Waals surface area contributed by atoms with Crippen molar-refractivity contribution in [2.45, 2.75) is 25.1 Å². The number of hydrogen-bond donors (Lipinski definition) is 2. The van der Waals surface area contributed by atoms with E-state index >= 15 is 0 Å². The van der Waals surface area contributed by atoms with Crippen molar-refractivity contribution in [3.8, 4) is 5.75 Å². The summed E-state index contributed by atoms with van der Waals surface area (Å²) >= 11 is 12.6. The van der Waals surface area contributed by atoms with E-state index in [1.165, 1.54) is 23.2 Å². The molecule has 4 aromatic heterocycles. The van der Waals surface area contributed by atoms with Crippen LogP contribution < -0.4 is 21.3 Å². The smallest absolute Gasteiger partial charge is 0.417 e. The predicted octanol–water partition coefficient (Wildman–Crippen LogP) is 4.66. The lowest BCUT2D eigenvalue weighted by atomic mass is 10.2. The van der Waals surface area contributed by atoms with E-state index in [2.05, 4.69) is 25.3 Å². The number of nitrogens with zero attached hydrogens (tertiary/aromatic N) is 6. The number of fused-ring (bicyclic) bond motifs is 1. The molecule has 4 aromatic rings. The molecule has 0 atom stereocenters. The van der Waals surface area contributed by atoms with Crippen LogP contribution >= 0.6 is 23.2 Å². The molecular weight excluding hydrogens is 536 g/mol. The van der Waals surface area contributed by atoms with Gasteiger partial charge in [-0.2, -0.15) is 18.2 Å². The summed E-state index contributed by atoms with van der Waals surface area (Å²) in [4.78, 5) is 29.4. The first kappa shape index (κ1) is 24.8. The molecule has 4 heterocycles. The number of rotatable bonds is 6. The zero-order valence-corrected chi connectivity index (χ0v) is 20.4. The lowest BCUT2D eigenvalue weighted by molar-refractivity contribution is -0.138. The fraction of sp³-hybridized carbons (Fsp3) is 0.227. The molecule has 1 saturated carbocycles. The van der Waals surface area contributed by atoms with E-state index in [9.17, 15) is 18.0 Å². The van der Waals surface area contributed by atoms with Crippen molar-refractivity contribution in [2.24, 2.45) is 12.8 Å². The Morgan fingerprint density at radius 2 is 1.97 bits per heavy atom. The number of ether oxygens (including phenoxy) is 1. The van der Waals surface area contributed by atoms with Crippen molar-refractivity contribution in [3.05, 3.63) is 68.8 Å².